The van der Waals surface area contributed by atoms with Crippen LogP contribution in [0.4, 0.5) is 5.69 Å². The lowest BCUT2D eigenvalue weighted by molar-refractivity contribution is -0.134. The molecule has 2 amide bonds. The lowest BCUT2D eigenvalue weighted by atomic mass is 9.84. The first kappa shape index (κ1) is 29.2. The lowest BCUT2D eigenvalue weighted by Crippen LogP contribution is -2.56. The summed E-state index contributed by atoms with van der Waals surface area (Å²) in [6.45, 7) is 9.17. The third-order valence-corrected chi connectivity index (χ3v) is 8.72. The van der Waals surface area contributed by atoms with Crippen LogP contribution < -0.4 is 10.2 Å². The van der Waals surface area contributed by atoms with Crippen LogP contribution in [0.15, 0.2) is 48.8 Å². The van der Waals surface area contributed by atoms with E-state index in [1.54, 1.807) is 19.5 Å². The fraction of sp³-hybridized carbons (Fsp3) is 0.594. The minimum absolute atomic E-state index is 0. The van der Waals surface area contributed by atoms with Gasteiger partial charge in [0, 0.05) is 46.3 Å². The number of anilines is 1. The first-order valence-electron chi connectivity index (χ1n) is 14.4. The van der Waals surface area contributed by atoms with Gasteiger partial charge < -0.3 is 19.9 Å². The molecular formula is C32H48N4O3. The normalized spacial score (nSPS) is 21.8. The standard InChI is InChI=1S/C32H46N4O3.H2/c1-31(2,3)23-14-16-26(17-15-23)36(30(38)28-19-27(39-6)22-34-28)32(4,24-11-10-18-33-21-24)20-29(37)35(5)25-12-8-7-9-13-25;/h10-11,14-18,21,25,27-28,34H,7-9,12-13,19-20,22H2,1-6H3;1H/t27-,28+,32?;/m0./s1. The summed E-state index contributed by atoms with van der Waals surface area (Å²) in [5, 5.41) is 3.37. The summed E-state index contributed by atoms with van der Waals surface area (Å²) in [5.41, 5.74) is 1.84. The van der Waals surface area contributed by atoms with Crippen molar-refractivity contribution in [3.8, 4) is 0 Å². The van der Waals surface area contributed by atoms with Gasteiger partial charge in [0.1, 0.15) is 0 Å². The molecule has 1 saturated carbocycles. The predicted molar refractivity (Wildman–Crippen MR) is 158 cm³/mol. The predicted octanol–water partition coefficient (Wildman–Crippen LogP) is 5.43. The molecule has 214 valence electrons. The quantitative estimate of drug-likeness (QED) is 0.487. The number of amides is 2. The second-order valence-corrected chi connectivity index (χ2v) is 12.5. The third kappa shape index (κ3) is 6.52. The summed E-state index contributed by atoms with van der Waals surface area (Å²) < 4.78 is 5.56. The topological polar surface area (TPSA) is 74.8 Å². The van der Waals surface area contributed by atoms with E-state index < -0.39 is 11.6 Å². The Morgan fingerprint density at radius 3 is 2.31 bits per heavy atom. The van der Waals surface area contributed by atoms with Gasteiger partial charge in [-0.05, 0) is 60.9 Å². The molecule has 3 atom stereocenters. The molecule has 1 N–H and O–H groups in total. The number of benzene rings is 1. The molecule has 1 aliphatic carbocycles. The molecule has 2 aliphatic rings. The zero-order chi connectivity index (χ0) is 28.2. The molecule has 0 bridgehead atoms. The Labute approximate surface area is 235 Å². The summed E-state index contributed by atoms with van der Waals surface area (Å²) in [6, 6.07) is 11.9. The van der Waals surface area contributed by atoms with Crippen molar-refractivity contribution in [1.29, 1.82) is 0 Å². The zero-order valence-electron chi connectivity index (χ0n) is 24.6. The van der Waals surface area contributed by atoms with E-state index in [0.717, 1.165) is 36.9 Å². The molecule has 7 heteroatoms. The molecule has 2 fully saturated rings. The molecular weight excluding hydrogens is 488 g/mol. The van der Waals surface area contributed by atoms with Crippen LogP contribution in [-0.4, -0.2) is 60.6 Å². The number of carbonyl (C=O) groups is 2. The minimum atomic E-state index is -0.943. The molecule has 1 aromatic heterocycles. The van der Waals surface area contributed by atoms with Gasteiger partial charge in [0.05, 0.1) is 24.1 Å². The van der Waals surface area contributed by atoms with Crippen molar-refractivity contribution in [1.82, 2.24) is 15.2 Å². The van der Waals surface area contributed by atoms with Gasteiger partial charge in [0.15, 0.2) is 0 Å². The summed E-state index contributed by atoms with van der Waals surface area (Å²) in [5.74, 6) is -0.0101. The Hall–Kier alpha value is -2.77. The van der Waals surface area contributed by atoms with Crippen LogP contribution in [0.5, 0.6) is 0 Å². The fourth-order valence-electron chi connectivity index (χ4n) is 6.08. The largest absolute Gasteiger partial charge is 0.380 e. The van der Waals surface area contributed by atoms with E-state index in [9.17, 15) is 9.59 Å². The first-order valence-corrected chi connectivity index (χ1v) is 14.4. The minimum Gasteiger partial charge on any atom is -0.380 e. The van der Waals surface area contributed by atoms with E-state index >= 15 is 0 Å². The first-order chi connectivity index (χ1) is 18.5. The number of methoxy groups -OCH3 is 1. The van der Waals surface area contributed by atoms with Crippen LogP contribution in [0.1, 0.15) is 85.2 Å². The SMILES string of the molecule is CO[C@@H]1CN[C@@H](C(=O)N(c2ccc(C(C)(C)C)cc2)C(C)(CC(=O)N(C)C2CCCCC2)c2cccnc2)C1.[HH]. The number of aromatic nitrogens is 1. The number of pyridine rings is 1. The number of rotatable bonds is 8. The number of hydrogen-bond acceptors (Lipinski definition) is 5. The zero-order valence-corrected chi connectivity index (χ0v) is 24.6. The average Bonchev–Trinajstić information content (AvgIpc) is 3.43. The van der Waals surface area contributed by atoms with Gasteiger partial charge in [0.25, 0.3) is 0 Å². The number of ether oxygens (including phenoxy) is 1. The number of nitrogens with zero attached hydrogens (tertiary/aromatic N) is 3. The van der Waals surface area contributed by atoms with E-state index in [2.05, 4.69) is 43.2 Å². The van der Waals surface area contributed by atoms with Crippen LogP contribution in [0.2, 0.25) is 0 Å². The van der Waals surface area contributed by atoms with Crippen molar-refractivity contribution in [2.75, 3.05) is 25.6 Å². The Bertz CT molecular complexity index is 1120. The number of hydrogen-bond donors (Lipinski definition) is 1. The van der Waals surface area contributed by atoms with Gasteiger partial charge in [-0.25, -0.2) is 0 Å². The Morgan fingerprint density at radius 2 is 1.74 bits per heavy atom. The van der Waals surface area contributed by atoms with Crippen LogP contribution >= 0.6 is 0 Å². The van der Waals surface area contributed by atoms with Crippen molar-refractivity contribution < 1.29 is 15.8 Å². The van der Waals surface area contributed by atoms with Crippen LogP contribution in [0, 0.1) is 0 Å². The highest BCUT2D eigenvalue weighted by molar-refractivity contribution is 6.00. The van der Waals surface area contributed by atoms with E-state index in [0.29, 0.717) is 13.0 Å². The van der Waals surface area contributed by atoms with Crippen LogP contribution in [0.25, 0.3) is 0 Å². The van der Waals surface area contributed by atoms with Gasteiger partial charge >= 0.3 is 0 Å². The molecule has 2 aromatic rings. The molecule has 1 saturated heterocycles. The van der Waals surface area contributed by atoms with Crippen molar-refractivity contribution in [3.63, 3.8) is 0 Å². The summed E-state index contributed by atoms with van der Waals surface area (Å²) in [4.78, 5) is 36.5. The maximum Gasteiger partial charge on any atom is 0.245 e. The van der Waals surface area contributed by atoms with Gasteiger partial charge in [0.2, 0.25) is 11.8 Å². The fourth-order valence-corrected chi connectivity index (χ4v) is 6.08. The molecule has 1 aliphatic heterocycles. The Kier molecular flexibility index (Phi) is 9.12. The monoisotopic (exact) mass is 536 g/mol. The van der Waals surface area contributed by atoms with E-state index in [1.165, 1.54) is 12.0 Å². The van der Waals surface area contributed by atoms with Crippen molar-refractivity contribution in [2.45, 2.75) is 102 Å². The summed E-state index contributed by atoms with van der Waals surface area (Å²) >= 11 is 0. The highest BCUT2D eigenvalue weighted by Gasteiger charge is 2.45. The number of carbonyl (C=O) groups excluding carboxylic acids is 2. The van der Waals surface area contributed by atoms with Crippen molar-refractivity contribution in [2.24, 2.45) is 0 Å². The summed E-state index contributed by atoms with van der Waals surface area (Å²) in [6.07, 6.45) is 9.86. The summed E-state index contributed by atoms with van der Waals surface area (Å²) in [7, 11) is 3.61. The van der Waals surface area contributed by atoms with Crippen molar-refractivity contribution >= 4 is 17.5 Å². The molecule has 39 heavy (non-hydrogen) atoms. The van der Waals surface area contributed by atoms with Gasteiger partial charge in [-0.1, -0.05) is 58.2 Å². The molecule has 0 spiro atoms. The second-order valence-electron chi connectivity index (χ2n) is 12.5. The Balaban J connectivity index is 0.00000441. The van der Waals surface area contributed by atoms with Crippen molar-refractivity contribution in [3.05, 3.63) is 59.9 Å². The highest BCUT2D eigenvalue weighted by atomic mass is 16.5. The van der Waals surface area contributed by atoms with E-state index in [-0.39, 0.29) is 37.2 Å². The van der Waals surface area contributed by atoms with Gasteiger partial charge in [-0.3, -0.25) is 14.6 Å². The average molecular weight is 537 g/mol. The lowest BCUT2D eigenvalue weighted by Gasteiger charge is -2.44. The third-order valence-electron chi connectivity index (χ3n) is 8.72. The molecule has 2 heterocycles. The maximum absolute atomic E-state index is 14.4. The molecule has 7 nitrogen and oxygen atoms in total. The second kappa shape index (κ2) is 12.2. The molecule has 1 aromatic carbocycles. The molecule has 0 radical (unpaired) electrons. The Morgan fingerprint density at radius 1 is 1.05 bits per heavy atom. The smallest absolute Gasteiger partial charge is 0.245 e. The molecule has 1 unspecified atom stereocenters. The maximum atomic E-state index is 14.4. The molecule has 4 rings (SSSR count). The van der Waals surface area contributed by atoms with Crippen LogP contribution in [-0.2, 0) is 25.3 Å². The van der Waals surface area contributed by atoms with E-state index in [1.807, 2.05) is 48.0 Å². The van der Waals surface area contributed by atoms with Gasteiger partial charge in [-0.2, -0.15) is 0 Å². The number of nitrogens with one attached hydrogen (secondary N) is 1. The van der Waals surface area contributed by atoms with Crippen LogP contribution in [0.3, 0.4) is 0 Å². The van der Waals surface area contributed by atoms with Gasteiger partial charge in [-0.15, -0.1) is 0 Å². The van der Waals surface area contributed by atoms with E-state index in [4.69, 9.17) is 4.74 Å². The highest BCUT2D eigenvalue weighted by Crippen LogP contribution is 2.39.